The Morgan fingerprint density at radius 1 is 1.40 bits per heavy atom. The van der Waals surface area contributed by atoms with Crippen molar-refractivity contribution in [2.24, 2.45) is 0 Å². The van der Waals surface area contributed by atoms with E-state index in [0.717, 1.165) is 10.2 Å². The molecule has 0 saturated carbocycles. The molecule has 102 valence electrons. The van der Waals surface area contributed by atoms with Crippen molar-refractivity contribution in [2.75, 3.05) is 5.32 Å². The number of aromatic nitrogens is 2. The van der Waals surface area contributed by atoms with Crippen molar-refractivity contribution in [3.8, 4) is 0 Å². The van der Waals surface area contributed by atoms with E-state index in [2.05, 4.69) is 34.8 Å². The third-order valence-electron chi connectivity index (χ3n) is 3.13. The van der Waals surface area contributed by atoms with Crippen LogP contribution in [-0.2, 0) is 0 Å². The number of carbonyl (C=O) groups excluding carboxylic acids is 1. The van der Waals surface area contributed by atoms with E-state index in [0.29, 0.717) is 11.4 Å². The molecule has 20 heavy (non-hydrogen) atoms. The Morgan fingerprint density at radius 3 is 2.95 bits per heavy atom. The number of nitrogens with one attached hydrogen (secondary N) is 1. The van der Waals surface area contributed by atoms with Crippen molar-refractivity contribution < 1.29 is 4.79 Å². The molecule has 3 aromatic heterocycles. The summed E-state index contributed by atoms with van der Waals surface area (Å²) in [4.78, 5) is 16.5. The zero-order valence-electron chi connectivity index (χ0n) is 11.3. The van der Waals surface area contributed by atoms with Gasteiger partial charge in [-0.25, -0.2) is 0 Å². The summed E-state index contributed by atoms with van der Waals surface area (Å²) in [5, 5.41) is 4.93. The second-order valence-corrected chi connectivity index (χ2v) is 5.81. The maximum absolute atomic E-state index is 12.5. The normalized spacial score (nSPS) is 11.2. The van der Waals surface area contributed by atoms with Crippen LogP contribution in [0.25, 0.3) is 10.2 Å². The molecule has 5 heteroatoms. The molecule has 4 nitrogen and oxygen atoms in total. The number of hydrogen-bond donors (Lipinski definition) is 1. The molecule has 0 fully saturated rings. The second-order valence-electron chi connectivity index (χ2n) is 4.86. The lowest BCUT2D eigenvalue weighted by Crippen LogP contribution is -2.18. The van der Waals surface area contributed by atoms with Crippen LogP contribution in [0.15, 0.2) is 42.0 Å². The van der Waals surface area contributed by atoms with Crippen LogP contribution >= 0.6 is 11.3 Å². The highest BCUT2D eigenvalue weighted by Gasteiger charge is 2.18. The fourth-order valence-corrected chi connectivity index (χ4v) is 3.12. The van der Waals surface area contributed by atoms with E-state index in [4.69, 9.17) is 0 Å². The summed E-state index contributed by atoms with van der Waals surface area (Å²) in [5.41, 5.74) is 2.50. The molecule has 3 rings (SSSR count). The quantitative estimate of drug-likeness (QED) is 0.792. The van der Waals surface area contributed by atoms with Gasteiger partial charge in [0.05, 0.1) is 22.1 Å². The largest absolute Gasteiger partial charge is 0.333 e. The minimum absolute atomic E-state index is 0.102. The van der Waals surface area contributed by atoms with Crippen LogP contribution in [-0.4, -0.2) is 15.5 Å². The molecule has 3 heterocycles. The van der Waals surface area contributed by atoms with Gasteiger partial charge in [0.25, 0.3) is 5.91 Å². The lowest BCUT2D eigenvalue weighted by atomic mass is 10.3. The highest BCUT2D eigenvalue weighted by atomic mass is 32.1. The number of thiophene rings is 1. The number of anilines is 1. The second kappa shape index (κ2) is 5.09. The van der Waals surface area contributed by atoms with Crippen LogP contribution < -0.4 is 5.32 Å². The molecule has 0 aliphatic heterocycles. The molecule has 0 spiro atoms. The van der Waals surface area contributed by atoms with Crippen LogP contribution in [0.2, 0.25) is 0 Å². The predicted octanol–water partition coefficient (Wildman–Crippen LogP) is 3.93. The number of nitrogens with zero attached hydrogens (tertiary/aromatic N) is 2. The monoisotopic (exact) mass is 285 g/mol. The van der Waals surface area contributed by atoms with E-state index < -0.39 is 0 Å². The molecule has 1 N–H and O–H groups in total. The first-order valence-corrected chi connectivity index (χ1v) is 7.34. The number of fused-ring (bicyclic) bond motifs is 1. The number of pyridine rings is 1. The van der Waals surface area contributed by atoms with Crippen LogP contribution in [0.5, 0.6) is 0 Å². The van der Waals surface area contributed by atoms with Gasteiger partial charge in [0, 0.05) is 12.2 Å². The summed E-state index contributed by atoms with van der Waals surface area (Å²) in [6.07, 6.45) is 3.32. The highest BCUT2D eigenvalue weighted by molar-refractivity contribution is 7.17. The van der Waals surface area contributed by atoms with Crippen LogP contribution in [0.3, 0.4) is 0 Å². The molecule has 1 amide bonds. The summed E-state index contributed by atoms with van der Waals surface area (Å²) in [6, 6.07) is 7.87. The van der Waals surface area contributed by atoms with Gasteiger partial charge in [0.1, 0.15) is 5.69 Å². The third kappa shape index (κ3) is 2.20. The molecule has 0 saturated heterocycles. The summed E-state index contributed by atoms with van der Waals surface area (Å²) < 4.78 is 3.20. The van der Waals surface area contributed by atoms with Crippen molar-refractivity contribution in [1.82, 2.24) is 9.55 Å². The van der Waals surface area contributed by atoms with E-state index in [9.17, 15) is 4.79 Å². The SMILES string of the molecule is CC(C)n1c(C(=O)Nc2cccnc2)cc2sccc21. The van der Waals surface area contributed by atoms with Crippen molar-refractivity contribution in [3.05, 3.63) is 47.7 Å². The fraction of sp³-hybridized carbons (Fsp3) is 0.200. The van der Waals surface area contributed by atoms with E-state index in [1.807, 2.05) is 17.5 Å². The van der Waals surface area contributed by atoms with Gasteiger partial charge in [-0.1, -0.05) is 0 Å². The molecule has 0 aromatic carbocycles. The molecule has 0 aliphatic rings. The Labute approximate surface area is 121 Å². The molecule has 0 aliphatic carbocycles. The summed E-state index contributed by atoms with van der Waals surface area (Å²) >= 11 is 1.65. The minimum Gasteiger partial charge on any atom is -0.333 e. The molecular weight excluding hydrogens is 270 g/mol. The fourth-order valence-electron chi connectivity index (χ4n) is 2.31. The van der Waals surface area contributed by atoms with Crippen molar-refractivity contribution >= 4 is 33.1 Å². The lowest BCUT2D eigenvalue weighted by Gasteiger charge is -2.13. The number of hydrogen-bond acceptors (Lipinski definition) is 3. The van der Waals surface area contributed by atoms with Gasteiger partial charge in [-0.3, -0.25) is 9.78 Å². The minimum atomic E-state index is -0.102. The van der Waals surface area contributed by atoms with E-state index in [1.165, 1.54) is 0 Å². The maximum Gasteiger partial charge on any atom is 0.272 e. The van der Waals surface area contributed by atoms with Gasteiger partial charge < -0.3 is 9.88 Å². The Morgan fingerprint density at radius 2 is 2.25 bits per heavy atom. The Kier molecular flexibility index (Phi) is 3.28. The van der Waals surface area contributed by atoms with E-state index in [1.54, 1.807) is 29.8 Å². The standard InChI is InChI=1S/C15H15N3OS/c1-10(2)18-12-5-7-20-14(12)8-13(18)15(19)17-11-4-3-6-16-9-11/h3-10H,1-2H3,(H,17,19). The number of carbonyl (C=O) groups is 1. The first-order chi connectivity index (χ1) is 9.66. The Bertz CT molecular complexity index is 743. The number of amides is 1. The van der Waals surface area contributed by atoms with Crippen LogP contribution in [0.4, 0.5) is 5.69 Å². The Balaban J connectivity index is 1.99. The molecule has 0 unspecified atom stereocenters. The zero-order valence-corrected chi connectivity index (χ0v) is 12.1. The molecule has 3 aromatic rings. The van der Waals surface area contributed by atoms with Gasteiger partial charge in [-0.15, -0.1) is 11.3 Å². The Hall–Kier alpha value is -2.14. The van der Waals surface area contributed by atoms with Gasteiger partial charge in [-0.2, -0.15) is 0 Å². The van der Waals surface area contributed by atoms with Gasteiger partial charge in [0.15, 0.2) is 0 Å². The average Bonchev–Trinajstić information content (AvgIpc) is 2.98. The van der Waals surface area contributed by atoms with Crippen LogP contribution in [0, 0.1) is 0 Å². The summed E-state index contributed by atoms with van der Waals surface area (Å²) in [5.74, 6) is -0.102. The van der Waals surface area contributed by atoms with Gasteiger partial charge >= 0.3 is 0 Å². The molecule has 0 radical (unpaired) electrons. The third-order valence-corrected chi connectivity index (χ3v) is 3.98. The van der Waals surface area contributed by atoms with Crippen molar-refractivity contribution in [1.29, 1.82) is 0 Å². The summed E-state index contributed by atoms with van der Waals surface area (Å²) in [7, 11) is 0. The van der Waals surface area contributed by atoms with Crippen LogP contribution in [0.1, 0.15) is 30.4 Å². The average molecular weight is 285 g/mol. The summed E-state index contributed by atoms with van der Waals surface area (Å²) in [6.45, 7) is 4.16. The van der Waals surface area contributed by atoms with E-state index >= 15 is 0 Å². The first kappa shape index (κ1) is 12.9. The van der Waals surface area contributed by atoms with Crippen molar-refractivity contribution in [3.63, 3.8) is 0 Å². The van der Waals surface area contributed by atoms with Crippen molar-refractivity contribution in [2.45, 2.75) is 19.9 Å². The molecule has 0 bridgehead atoms. The first-order valence-electron chi connectivity index (χ1n) is 6.46. The maximum atomic E-state index is 12.5. The smallest absolute Gasteiger partial charge is 0.272 e. The lowest BCUT2D eigenvalue weighted by molar-refractivity contribution is 0.101. The predicted molar refractivity (Wildman–Crippen MR) is 82.4 cm³/mol. The topological polar surface area (TPSA) is 46.9 Å². The molecule has 0 atom stereocenters. The van der Waals surface area contributed by atoms with E-state index in [-0.39, 0.29) is 11.9 Å². The zero-order chi connectivity index (χ0) is 14.1. The molecular formula is C15H15N3OS. The van der Waals surface area contributed by atoms with Gasteiger partial charge in [0.2, 0.25) is 0 Å². The highest BCUT2D eigenvalue weighted by Crippen LogP contribution is 2.28. The number of rotatable bonds is 3. The van der Waals surface area contributed by atoms with Gasteiger partial charge in [-0.05, 0) is 43.5 Å².